The van der Waals surface area contributed by atoms with Crippen LogP contribution in [0.1, 0.15) is 17.2 Å². The highest BCUT2D eigenvalue weighted by atomic mass is 35.5. The predicted octanol–water partition coefficient (Wildman–Crippen LogP) is 4.26. The van der Waals surface area contributed by atoms with Crippen LogP contribution in [-0.4, -0.2) is 16.1 Å². The number of nitrogens with zero attached hydrogens (tertiary/aromatic N) is 2. The van der Waals surface area contributed by atoms with Gasteiger partial charge in [0.05, 0.1) is 29.0 Å². The molecule has 3 aromatic rings. The number of hydrogen-bond donors (Lipinski definition) is 1. The van der Waals surface area contributed by atoms with E-state index in [1.807, 2.05) is 24.3 Å². The normalized spacial score (nSPS) is 13.4. The van der Waals surface area contributed by atoms with E-state index >= 15 is 0 Å². The highest BCUT2D eigenvalue weighted by molar-refractivity contribution is 6.31. The van der Waals surface area contributed by atoms with Gasteiger partial charge in [0, 0.05) is 11.6 Å². The fourth-order valence-electron chi connectivity index (χ4n) is 2.59. The van der Waals surface area contributed by atoms with E-state index in [1.165, 1.54) is 6.07 Å². The Hall–Kier alpha value is -2.05. The van der Waals surface area contributed by atoms with Gasteiger partial charge in [-0.1, -0.05) is 23.7 Å². The van der Waals surface area contributed by atoms with E-state index in [4.69, 9.17) is 17.3 Å². The van der Waals surface area contributed by atoms with Crippen LogP contribution in [-0.2, 0) is 6.18 Å². The molecule has 0 spiro atoms. The minimum atomic E-state index is -4.44. The Morgan fingerprint density at radius 1 is 1.17 bits per heavy atom. The maximum absolute atomic E-state index is 13.0. The summed E-state index contributed by atoms with van der Waals surface area (Å²) in [5.74, 6) is 0. The molecule has 1 heterocycles. The van der Waals surface area contributed by atoms with Gasteiger partial charge < -0.3 is 10.3 Å². The molecular formula is C16H13ClF3N3. The number of nitrogens with two attached hydrogens (primary N) is 1. The van der Waals surface area contributed by atoms with Gasteiger partial charge in [-0.2, -0.15) is 13.2 Å². The molecule has 1 aromatic heterocycles. The standard InChI is InChI=1S/C16H13ClF3N3/c17-12-6-5-10(16(18,19)20)7-11(12)15(8-21)23-9-22-13-3-1-2-4-14(13)23/h1-7,9,15H,8,21H2. The van der Waals surface area contributed by atoms with Crippen LogP contribution in [0.4, 0.5) is 13.2 Å². The lowest BCUT2D eigenvalue weighted by atomic mass is 10.0. The van der Waals surface area contributed by atoms with Gasteiger partial charge in [-0.3, -0.25) is 0 Å². The smallest absolute Gasteiger partial charge is 0.328 e. The summed E-state index contributed by atoms with van der Waals surface area (Å²) >= 11 is 6.13. The molecular weight excluding hydrogens is 327 g/mol. The van der Waals surface area contributed by atoms with Crippen molar-refractivity contribution in [1.82, 2.24) is 9.55 Å². The molecule has 1 atom stereocenters. The van der Waals surface area contributed by atoms with Gasteiger partial charge in [0.2, 0.25) is 0 Å². The van der Waals surface area contributed by atoms with Crippen LogP contribution in [0.15, 0.2) is 48.8 Å². The molecule has 2 N–H and O–H groups in total. The molecule has 23 heavy (non-hydrogen) atoms. The van der Waals surface area contributed by atoms with E-state index in [0.29, 0.717) is 5.56 Å². The van der Waals surface area contributed by atoms with Crippen LogP contribution >= 0.6 is 11.6 Å². The Morgan fingerprint density at radius 3 is 2.61 bits per heavy atom. The molecule has 1 unspecified atom stereocenters. The highest BCUT2D eigenvalue weighted by Crippen LogP contribution is 2.35. The molecule has 0 aliphatic carbocycles. The first-order valence-corrected chi connectivity index (χ1v) is 7.28. The number of para-hydroxylation sites is 2. The maximum Gasteiger partial charge on any atom is 0.416 e. The zero-order valence-electron chi connectivity index (χ0n) is 11.9. The van der Waals surface area contributed by atoms with Gasteiger partial charge >= 0.3 is 6.18 Å². The van der Waals surface area contributed by atoms with E-state index in [1.54, 1.807) is 10.9 Å². The molecule has 0 aliphatic rings. The number of benzene rings is 2. The summed E-state index contributed by atoms with van der Waals surface area (Å²) in [6.45, 7) is 0.0986. The van der Waals surface area contributed by atoms with Crippen molar-refractivity contribution in [1.29, 1.82) is 0 Å². The number of alkyl halides is 3. The van der Waals surface area contributed by atoms with E-state index in [0.717, 1.165) is 23.2 Å². The molecule has 3 nitrogen and oxygen atoms in total. The largest absolute Gasteiger partial charge is 0.416 e. The molecule has 2 aromatic carbocycles. The molecule has 120 valence electrons. The second kappa shape index (κ2) is 5.86. The van der Waals surface area contributed by atoms with Crippen LogP contribution in [0, 0.1) is 0 Å². The molecule has 0 aliphatic heterocycles. The van der Waals surface area contributed by atoms with E-state index in [2.05, 4.69) is 4.98 Å². The third-order valence-corrected chi connectivity index (χ3v) is 4.07. The summed E-state index contributed by atoms with van der Waals surface area (Å²) in [5, 5.41) is 0.242. The lowest BCUT2D eigenvalue weighted by Crippen LogP contribution is -2.21. The van der Waals surface area contributed by atoms with Gasteiger partial charge in [-0.05, 0) is 35.9 Å². The Kier molecular flexibility index (Phi) is 4.04. The summed E-state index contributed by atoms with van der Waals surface area (Å²) in [4.78, 5) is 4.26. The van der Waals surface area contributed by atoms with Gasteiger partial charge in [0.15, 0.2) is 0 Å². The second-order valence-corrected chi connectivity index (χ2v) is 5.53. The average molecular weight is 340 g/mol. The monoisotopic (exact) mass is 339 g/mol. The van der Waals surface area contributed by atoms with Crippen molar-refractivity contribution >= 4 is 22.6 Å². The quantitative estimate of drug-likeness (QED) is 0.775. The molecule has 7 heteroatoms. The first-order valence-electron chi connectivity index (χ1n) is 6.90. The van der Waals surface area contributed by atoms with Gasteiger partial charge in [0.1, 0.15) is 0 Å². The fourth-order valence-corrected chi connectivity index (χ4v) is 2.84. The maximum atomic E-state index is 13.0. The van der Waals surface area contributed by atoms with Crippen molar-refractivity contribution < 1.29 is 13.2 Å². The molecule has 0 saturated heterocycles. The Morgan fingerprint density at radius 2 is 1.91 bits per heavy atom. The first-order chi connectivity index (χ1) is 10.9. The molecule has 0 radical (unpaired) electrons. The Balaban J connectivity index is 2.15. The van der Waals surface area contributed by atoms with E-state index in [-0.39, 0.29) is 11.6 Å². The van der Waals surface area contributed by atoms with E-state index < -0.39 is 17.8 Å². The lowest BCUT2D eigenvalue weighted by Gasteiger charge is -2.21. The van der Waals surface area contributed by atoms with Crippen LogP contribution in [0.2, 0.25) is 5.02 Å². The van der Waals surface area contributed by atoms with Crippen molar-refractivity contribution in [3.63, 3.8) is 0 Å². The van der Waals surface area contributed by atoms with Crippen LogP contribution < -0.4 is 5.73 Å². The highest BCUT2D eigenvalue weighted by Gasteiger charge is 2.32. The number of imidazole rings is 1. The molecule has 0 bridgehead atoms. The molecule has 0 fully saturated rings. The number of rotatable bonds is 3. The molecule has 0 saturated carbocycles. The zero-order valence-corrected chi connectivity index (χ0v) is 12.6. The molecule has 3 rings (SSSR count). The Labute approximate surface area is 135 Å². The third kappa shape index (κ3) is 2.92. The van der Waals surface area contributed by atoms with Crippen molar-refractivity contribution in [3.8, 4) is 0 Å². The average Bonchev–Trinajstić information content (AvgIpc) is 2.93. The summed E-state index contributed by atoms with van der Waals surface area (Å²) in [5.41, 5.74) is 6.94. The SMILES string of the molecule is NCC(c1cc(C(F)(F)F)ccc1Cl)n1cnc2ccccc21. The summed E-state index contributed by atoms with van der Waals surface area (Å²) in [6, 6.07) is 10.1. The van der Waals surface area contributed by atoms with Crippen molar-refractivity contribution in [2.75, 3.05) is 6.54 Å². The third-order valence-electron chi connectivity index (χ3n) is 3.72. The lowest BCUT2D eigenvalue weighted by molar-refractivity contribution is -0.137. The number of hydrogen-bond acceptors (Lipinski definition) is 2. The van der Waals surface area contributed by atoms with Gasteiger partial charge in [0.25, 0.3) is 0 Å². The predicted molar refractivity (Wildman–Crippen MR) is 83.4 cm³/mol. The minimum Gasteiger partial charge on any atom is -0.328 e. The summed E-state index contributed by atoms with van der Waals surface area (Å²) in [7, 11) is 0. The van der Waals surface area contributed by atoms with Crippen molar-refractivity contribution in [2.24, 2.45) is 5.73 Å². The Bertz CT molecular complexity index is 842. The molecule has 0 amide bonds. The minimum absolute atomic E-state index is 0.0986. The van der Waals surface area contributed by atoms with E-state index in [9.17, 15) is 13.2 Å². The zero-order chi connectivity index (χ0) is 16.6. The second-order valence-electron chi connectivity index (χ2n) is 5.13. The number of aromatic nitrogens is 2. The number of halogens is 4. The van der Waals surface area contributed by atoms with Crippen LogP contribution in [0.5, 0.6) is 0 Å². The van der Waals surface area contributed by atoms with Crippen molar-refractivity contribution in [2.45, 2.75) is 12.2 Å². The van der Waals surface area contributed by atoms with Crippen LogP contribution in [0.25, 0.3) is 11.0 Å². The summed E-state index contributed by atoms with van der Waals surface area (Å²) in [6.07, 6.45) is -2.87. The van der Waals surface area contributed by atoms with Gasteiger partial charge in [-0.15, -0.1) is 0 Å². The first kappa shape index (κ1) is 15.8. The van der Waals surface area contributed by atoms with Crippen LogP contribution in [0.3, 0.4) is 0 Å². The number of fused-ring (bicyclic) bond motifs is 1. The van der Waals surface area contributed by atoms with Gasteiger partial charge in [-0.25, -0.2) is 4.98 Å². The topological polar surface area (TPSA) is 43.8 Å². The summed E-state index contributed by atoms with van der Waals surface area (Å²) < 4.78 is 40.7. The fraction of sp³-hybridized carbons (Fsp3) is 0.188. The van der Waals surface area contributed by atoms with Crippen molar-refractivity contribution in [3.05, 3.63) is 64.9 Å².